The number of rotatable bonds is 3. The van der Waals surface area contributed by atoms with Crippen molar-refractivity contribution in [1.82, 2.24) is 25.1 Å². The first-order valence-corrected chi connectivity index (χ1v) is 10.5. The number of aromatic amines is 1. The number of aryl methyl sites for hydroxylation is 3. The molecule has 0 atom stereocenters. The Morgan fingerprint density at radius 3 is 2.83 bits per heavy atom. The molecular formula is C22H25N5O2. The third-order valence-corrected chi connectivity index (χ3v) is 6.22. The van der Waals surface area contributed by atoms with Gasteiger partial charge in [0.2, 0.25) is 0 Å². The maximum absolute atomic E-state index is 12.7. The van der Waals surface area contributed by atoms with Gasteiger partial charge in [0.15, 0.2) is 0 Å². The minimum absolute atomic E-state index is 0.0151. The Bertz CT molecular complexity index is 1140. The fourth-order valence-electron chi connectivity index (χ4n) is 4.69. The van der Waals surface area contributed by atoms with Crippen LogP contribution in [-0.4, -0.2) is 31.7 Å². The molecule has 29 heavy (non-hydrogen) atoms. The highest BCUT2D eigenvalue weighted by Crippen LogP contribution is 2.28. The lowest BCUT2D eigenvalue weighted by Gasteiger charge is -2.29. The van der Waals surface area contributed by atoms with Crippen LogP contribution in [0.25, 0.3) is 11.0 Å². The third-order valence-electron chi connectivity index (χ3n) is 6.22. The maximum Gasteiger partial charge on any atom is 0.267 e. The van der Waals surface area contributed by atoms with Crippen LogP contribution in [-0.2, 0) is 12.8 Å². The average molecular weight is 391 g/mol. The predicted octanol–water partition coefficient (Wildman–Crippen LogP) is 2.83. The number of hydrogen-bond acceptors (Lipinski definition) is 4. The fraction of sp³-hybridized carbons (Fsp3) is 0.455. The van der Waals surface area contributed by atoms with Crippen molar-refractivity contribution in [3.63, 3.8) is 0 Å². The van der Waals surface area contributed by atoms with Crippen LogP contribution in [0.4, 0.5) is 0 Å². The van der Waals surface area contributed by atoms with E-state index in [1.54, 1.807) is 10.7 Å². The average Bonchev–Trinajstić information content (AvgIpc) is 3.32. The normalized spacial score (nSPS) is 21.3. The van der Waals surface area contributed by atoms with E-state index in [0.29, 0.717) is 5.56 Å². The van der Waals surface area contributed by atoms with Crippen LogP contribution in [0.15, 0.2) is 29.1 Å². The second-order valence-electron chi connectivity index (χ2n) is 8.29. The van der Waals surface area contributed by atoms with Crippen molar-refractivity contribution >= 4 is 16.9 Å². The van der Waals surface area contributed by atoms with Crippen LogP contribution >= 0.6 is 0 Å². The molecule has 0 saturated heterocycles. The number of nitrogens with one attached hydrogen (secondary N) is 2. The maximum atomic E-state index is 12.7. The number of hydrogen-bond donors (Lipinski definition) is 2. The molecule has 1 amide bonds. The van der Waals surface area contributed by atoms with Crippen LogP contribution in [0.2, 0.25) is 0 Å². The molecule has 1 aromatic carbocycles. The number of carbonyl (C=O) groups excluding carboxylic acids is 1. The Balaban J connectivity index is 1.24. The molecule has 2 N–H and O–H groups in total. The molecule has 2 heterocycles. The summed E-state index contributed by atoms with van der Waals surface area (Å²) < 4.78 is 1.69. The number of aromatic nitrogens is 4. The molecule has 1 fully saturated rings. The van der Waals surface area contributed by atoms with E-state index in [0.717, 1.165) is 73.1 Å². The monoisotopic (exact) mass is 391 g/mol. The van der Waals surface area contributed by atoms with Gasteiger partial charge in [0.05, 0.1) is 22.8 Å². The Kier molecular flexibility index (Phi) is 4.45. The lowest BCUT2D eigenvalue weighted by atomic mass is 9.91. The van der Waals surface area contributed by atoms with Crippen LogP contribution < -0.4 is 10.9 Å². The summed E-state index contributed by atoms with van der Waals surface area (Å²) in [5.74, 6) is 0.779. The lowest BCUT2D eigenvalue weighted by Crippen LogP contribution is -2.39. The van der Waals surface area contributed by atoms with Gasteiger partial charge in [0, 0.05) is 17.7 Å². The highest BCUT2D eigenvalue weighted by molar-refractivity contribution is 5.97. The standard InChI is InChI=1S/C22H25N5O2/c1-13-23-19-10-5-15(11-20(19)24-13)22(29)25-16-6-8-17(9-7-16)27-21(28)12-14-3-2-4-18(14)26-27/h5,10-12,16-17H,2-4,6-9H2,1H3,(H,23,24)(H,25,29). The molecule has 0 aliphatic heterocycles. The smallest absolute Gasteiger partial charge is 0.267 e. The van der Waals surface area contributed by atoms with Crippen LogP contribution in [0, 0.1) is 6.92 Å². The molecule has 2 aliphatic rings. The Hall–Kier alpha value is -2.96. The lowest BCUT2D eigenvalue weighted by molar-refractivity contribution is 0.0921. The zero-order valence-corrected chi connectivity index (χ0v) is 16.6. The Morgan fingerprint density at radius 1 is 1.17 bits per heavy atom. The molecular weight excluding hydrogens is 366 g/mol. The number of imidazole rings is 1. The highest BCUT2D eigenvalue weighted by atomic mass is 16.1. The minimum atomic E-state index is -0.0598. The summed E-state index contributed by atoms with van der Waals surface area (Å²) in [5.41, 5.74) is 4.61. The minimum Gasteiger partial charge on any atom is -0.349 e. The van der Waals surface area contributed by atoms with Gasteiger partial charge in [-0.15, -0.1) is 0 Å². The largest absolute Gasteiger partial charge is 0.349 e. The highest BCUT2D eigenvalue weighted by Gasteiger charge is 2.26. The second kappa shape index (κ2) is 7.13. The Morgan fingerprint density at radius 2 is 2.00 bits per heavy atom. The van der Waals surface area contributed by atoms with E-state index in [1.165, 1.54) is 0 Å². The SMILES string of the molecule is Cc1nc2ccc(C(=O)NC3CCC(n4nc5c(cc4=O)CCC5)CC3)cc2[nH]1. The summed E-state index contributed by atoms with van der Waals surface area (Å²) in [7, 11) is 0. The van der Waals surface area contributed by atoms with E-state index in [-0.39, 0.29) is 23.6 Å². The summed E-state index contributed by atoms with van der Waals surface area (Å²) in [4.78, 5) is 32.7. The van der Waals surface area contributed by atoms with Gasteiger partial charge in [-0.25, -0.2) is 9.67 Å². The molecule has 3 aromatic rings. The van der Waals surface area contributed by atoms with Crippen molar-refractivity contribution < 1.29 is 4.79 Å². The van der Waals surface area contributed by atoms with Crippen molar-refractivity contribution in [2.75, 3.05) is 0 Å². The van der Waals surface area contributed by atoms with E-state index in [9.17, 15) is 9.59 Å². The number of amides is 1. The van der Waals surface area contributed by atoms with Crippen molar-refractivity contribution in [3.05, 3.63) is 57.3 Å². The fourth-order valence-corrected chi connectivity index (χ4v) is 4.69. The van der Waals surface area contributed by atoms with Crippen molar-refractivity contribution in [1.29, 1.82) is 0 Å². The first-order chi connectivity index (χ1) is 14.1. The molecule has 2 aromatic heterocycles. The van der Waals surface area contributed by atoms with Gasteiger partial charge in [-0.3, -0.25) is 9.59 Å². The van der Waals surface area contributed by atoms with Crippen molar-refractivity contribution in [2.24, 2.45) is 0 Å². The van der Waals surface area contributed by atoms with E-state index in [2.05, 4.69) is 20.4 Å². The molecule has 150 valence electrons. The summed E-state index contributed by atoms with van der Waals surface area (Å²) >= 11 is 0. The zero-order chi connectivity index (χ0) is 20.0. The van der Waals surface area contributed by atoms with Gasteiger partial charge in [0.1, 0.15) is 5.82 Å². The van der Waals surface area contributed by atoms with Gasteiger partial charge < -0.3 is 10.3 Å². The number of benzene rings is 1. The number of nitrogens with zero attached hydrogens (tertiary/aromatic N) is 3. The molecule has 0 radical (unpaired) electrons. The predicted molar refractivity (Wildman–Crippen MR) is 110 cm³/mol. The van der Waals surface area contributed by atoms with E-state index in [4.69, 9.17) is 0 Å². The summed E-state index contributed by atoms with van der Waals surface area (Å²) in [6.07, 6.45) is 6.46. The first-order valence-electron chi connectivity index (χ1n) is 10.5. The molecule has 2 aliphatic carbocycles. The van der Waals surface area contributed by atoms with E-state index < -0.39 is 0 Å². The molecule has 0 unspecified atom stereocenters. The third kappa shape index (κ3) is 3.45. The number of H-pyrrole nitrogens is 1. The summed E-state index contributed by atoms with van der Waals surface area (Å²) in [6.45, 7) is 1.90. The molecule has 7 heteroatoms. The topological polar surface area (TPSA) is 92.7 Å². The van der Waals surface area contributed by atoms with Gasteiger partial charge in [-0.2, -0.15) is 5.10 Å². The van der Waals surface area contributed by atoms with Gasteiger partial charge in [-0.1, -0.05) is 0 Å². The molecule has 0 spiro atoms. The van der Waals surface area contributed by atoms with E-state index >= 15 is 0 Å². The molecule has 0 bridgehead atoms. The second-order valence-corrected chi connectivity index (χ2v) is 8.29. The summed E-state index contributed by atoms with van der Waals surface area (Å²) in [5, 5.41) is 7.80. The van der Waals surface area contributed by atoms with Crippen LogP contribution in [0.3, 0.4) is 0 Å². The molecule has 7 nitrogen and oxygen atoms in total. The quantitative estimate of drug-likeness (QED) is 0.718. The molecule has 1 saturated carbocycles. The number of fused-ring (bicyclic) bond motifs is 2. The van der Waals surface area contributed by atoms with Gasteiger partial charge in [-0.05, 0) is 75.6 Å². The molecule has 5 rings (SSSR count). The first kappa shape index (κ1) is 18.1. The Labute approximate surface area is 168 Å². The van der Waals surface area contributed by atoms with Crippen molar-refractivity contribution in [2.45, 2.75) is 64.0 Å². The van der Waals surface area contributed by atoms with Crippen LogP contribution in [0.1, 0.15) is 65.6 Å². The zero-order valence-electron chi connectivity index (χ0n) is 16.6. The van der Waals surface area contributed by atoms with Crippen LogP contribution in [0.5, 0.6) is 0 Å². The van der Waals surface area contributed by atoms with Gasteiger partial charge >= 0.3 is 0 Å². The van der Waals surface area contributed by atoms with E-state index in [1.807, 2.05) is 25.1 Å². The number of carbonyl (C=O) groups is 1. The van der Waals surface area contributed by atoms with Crippen molar-refractivity contribution in [3.8, 4) is 0 Å². The van der Waals surface area contributed by atoms with Gasteiger partial charge in [0.25, 0.3) is 11.5 Å². The summed E-state index contributed by atoms with van der Waals surface area (Å²) in [6, 6.07) is 7.57.